The summed E-state index contributed by atoms with van der Waals surface area (Å²) in [6.45, 7) is 9.30. The fourth-order valence-corrected chi connectivity index (χ4v) is 5.04. The molecule has 170 valence electrons. The minimum atomic E-state index is -0.502. The lowest BCUT2D eigenvalue weighted by Gasteiger charge is -2.27. The van der Waals surface area contributed by atoms with Crippen LogP contribution in [-0.4, -0.2) is 34.7 Å². The second-order valence-electron chi connectivity index (χ2n) is 9.26. The third-order valence-corrected chi connectivity index (χ3v) is 6.55. The highest BCUT2D eigenvalue weighted by atomic mass is 32.1. The zero-order valence-electron chi connectivity index (χ0n) is 19.4. The summed E-state index contributed by atoms with van der Waals surface area (Å²) in [5.74, 6) is 0.917. The lowest BCUT2D eigenvalue weighted by atomic mass is 10.0. The molecule has 1 aliphatic heterocycles. The van der Waals surface area contributed by atoms with Crippen LogP contribution in [0.25, 0.3) is 22.0 Å². The summed E-state index contributed by atoms with van der Waals surface area (Å²) >= 11 is 1.62. The number of hydrogen-bond donors (Lipinski definition) is 0. The van der Waals surface area contributed by atoms with Crippen LogP contribution in [0.1, 0.15) is 64.4 Å². The van der Waals surface area contributed by atoms with Gasteiger partial charge in [0, 0.05) is 22.9 Å². The molecule has 5 nitrogen and oxygen atoms in total. The van der Waals surface area contributed by atoms with Crippen molar-refractivity contribution in [2.75, 3.05) is 13.2 Å². The molecule has 0 bridgehead atoms. The molecule has 0 unspecified atom stereocenters. The maximum absolute atomic E-state index is 12.7. The van der Waals surface area contributed by atoms with Crippen LogP contribution in [0.3, 0.4) is 0 Å². The number of benzene rings is 2. The highest BCUT2D eigenvalue weighted by molar-refractivity contribution is 7.10. The van der Waals surface area contributed by atoms with E-state index in [1.807, 2.05) is 31.7 Å². The van der Waals surface area contributed by atoms with Crippen molar-refractivity contribution in [3.63, 3.8) is 0 Å². The normalized spacial score (nSPS) is 16.5. The van der Waals surface area contributed by atoms with Gasteiger partial charge in [0.1, 0.15) is 16.4 Å². The standard InChI is InChI=1S/C26H32N2O3S/c1-5-6-16-30-23-14-13-19(18-10-7-8-11-20(18)23)21-17-32-24(27-21)22-12-9-15-28(22)25(29)31-26(2,3)4/h7-8,10-11,13-14,17,22H,5-6,9,12,15-16H2,1-4H3/t22-/m0/s1. The molecular weight excluding hydrogens is 420 g/mol. The van der Waals surface area contributed by atoms with E-state index in [-0.39, 0.29) is 12.1 Å². The molecule has 1 saturated heterocycles. The Hall–Kier alpha value is -2.60. The van der Waals surface area contributed by atoms with Gasteiger partial charge in [-0.1, -0.05) is 37.6 Å². The Labute approximate surface area is 194 Å². The molecule has 1 amide bonds. The van der Waals surface area contributed by atoms with Gasteiger partial charge in [0.05, 0.1) is 18.3 Å². The minimum Gasteiger partial charge on any atom is -0.493 e. The van der Waals surface area contributed by atoms with Crippen molar-refractivity contribution in [1.29, 1.82) is 0 Å². The van der Waals surface area contributed by atoms with Gasteiger partial charge in [0.2, 0.25) is 0 Å². The van der Waals surface area contributed by atoms with E-state index in [0.717, 1.165) is 65.1 Å². The van der Waals surface area contributed by atoms with E-state index in [1.54, 1.807) is 11.3 Å². The van der Waals surface area contributed by atoms with Crippen molar-refractivity contribution in [1.82, 2.24) is 9.88 Å². The number of rotatable bonds is 6. The summed E-state index contributed by atoms with van der Waals surface area (Å²) in [5.41, 5.74) is 1.53. The van der Waals surface area contributed by atoms with Crippen LogP contribution in [-0.2, 0) is 4.74 Å². The number of aromatic nitrogens is 1. The topological polar surface area (TPSA) is 51.7 Å². The predicted octanol–water partition coefficient (Wildman–Crippen LogP) is 7.21. The smallest absolute Gasteiger partial charge is 0.410 e. The molecule has 1 fully saturated rings. The third-order valence-electron chi connectivity index (χ3n) is 5.60. The lowest BCUT2D eigenvalue weighted by Crippen LogP contribution is -2.36. The molecule has 0 spiro atoms. The number of hydrogen-bond acceptors (Lipinski definition) is 5. The van der Waals surface area contributed by atoms with Crippen molar-refractivity contribution in [3.8, 4) is 17.0 Å². The largest absolute Gasteiger partial charge is 0.493 e. The molecule has 4 rings (SSSR count). The molecule has 0 radical (unpaired) electrons. The molecule has 2 aromatic carbocycles. The fourth-order valence-electron chi connectivity index (χ4n) is 4.07. The maximum Gasteiger partial charge on any atom is 0.410 e. The first kappa shape index (κ1) is 22.6. The second kappa shape index (κ2) is 9.49. The van der Waals surface area contributed by atoms with Crippen LogP contribution < -0.4 is 4.74 Å². The van der Waals surface area contributed by atoms with Gasteiger partial charge in [-0.25, -0.2) is 9.78 Å². The summed E-state index contributed by atoms with van der Waals surface area (Å²) in [6.07, 6.45) is 3.78. The minimum absolute atomic E-state index is 0.0217. The van der Waals surface area contributed by atoms with Crippen molar-refractivity contribution >= 4 is 28.2 Å². The monoisotopic (exact) mass is 452 g/mol. The summed E-state index contributed by atoms with van der Waals surface area (Å²) in [6, 6.07) is 12.5. The Balaban J connectivity index is 1.61. The SMILES string of the molecule is CCCCOc1ccc(-c2csc([C@@H]3CCCN3C(=O)OC(C)(C)C)n2)c2ccccc12. The van der Waals surface area contributed by atoms with Gasteiger partial charge in [0.25, 0.3) is 0 Å². The van der Waals surface area contributed by atoms with Crippen LogP contribution >= 0.6 is 11.3 Å². The number of carbonyl (C=O) groups excluding carboxylic acids is 1. The molecule has 3 aromatic rings. The Morgan fingerprint density at radius 3 is 2.72 bits per heavy atom. The first-order valence-electron chi connectivity index (χ1n) is 11.5. The van der Waals surface area contributed by atoms with E-state index in [0.29, 0.717) is 6.54 Å². The van der Waals surface area contributed by atoms with Crippen LogP contribution in [0.4, 0.5) is 4.79 Å². The molecule has 2 heterocycles. The van der Waals surface area contributed by atoms with E-state index in [9.17, 15) is 4.79 Å². The molecule has 1 aliphatic rings. The predicted molar refractivity (Wildman–Crippen MR) is 130 cm³/mol. The van der Waals surface area contributed by atoms with E-state index < -0.39 is 5.60 Å². The van der Waals surface area contributed by atoms with Gasteiger partial charge in [0.15, 0.2) is 0 Å². The molecule has 32 heavy (non-hydrogen) atoms. The quantitative estimate of drug-likeness (QED) is 0.371. The molecule has 6 heteroatoms. The first-order chi connectivity index (χ1) is 15.4. The van der Waals surface area contributed by atoms with Crippen molar-refractivity contribution < 1.29 is 14.3 Å². The van der Waals surface area contributed by atoms with Crippen LogP contribution in [0.2, 0.25) is 0 Å². The van der Waals surface area contributed by atoms with Gasteiger partial charge in [-0.3, -0.25) is 4.90 Å². The Morgan fingerprint density at radius 1 is 1.19 bits per heavy atom. The number of thiazole rings is 1. The average molecular weight is 453 g/mol. The maximum atomic E-state index is 12.7. The highest BCUT2D eigenvalue weighted by Crippen LogP contribution is 2.39. The third kappa shape index (κ3) is 4.90. The Kier molecular flexibility index (Phi) is 6.70. The highest BCUT2D eigenvalue weighted by Gasteiger charge is 2.35. The van der Waals surface area contributed by atoms with Gasteiger partial charge >= 0.3 is 6.09 Å². The van der Waals surface area contributed by atoms with Crippen molar-refractivity contribution in [3.05, 3.63) is 46.8 Å². The fraction of sp³-hybridized carbons (Fsp3) is 0.462. The summed E-state index contributed by atoms with van der Waals surface area (Å²) in [7, 11) is 0. The van der Waals surface area contributed by atoms with Crippen molar-refractivity contribution in [2.45, 2.75) is 65.0 Å². The number of amides is 1. The van der Waals surface area contributed by atoms with Gasteiger partial charge in [-0.15, -0.1) is 11.3 Å². The summed E-state index contributed by atoms with van der Waals surface area (Å²) < 4.78 is 11.7. The van der Waals surface area contributed by atoms with E-state index >= 15 is 0 Å². The second-order valence-corrected chi connectivity index (χ2v) is 10.2. The van der Waals surface area contributed by atoms with E-state index in [1.165, 1.54) is 0 Å². The lowest BCUT2D eigenvalue weighted by molar-refractivity contribution is 0.0224. The van der Waals surface area contributed by atoms with Crippen LogP contribution in [0.15, 0.2) is 41.8 Å². The molecule has 0 N–H and O–H groups in total. The average Bonchev–Trinajstić information content (AvgIpc) is 3.42. The van der Waals surface area contributed by atoms with Crippen molar-refractivity contribution in [2.24, 2.45) is 0 Å². The molecular formula is C26H32N2O3S. The van der Waals surface area contributed by atoms with Gasteiger partial charge < -0.3 is 9.47 Å². The number of ether oxygens (including phenoxy) is 2. The van der Waals surface area contributed by atoms with Gasteiger partial charge in [-0.05, 0) is 57.6 Å². The van der Waals surface area contributed by atoms with E-state index in [2.05, 4.69) is 42.6 Å². The van der Waals surface area contributed by atoms with Gasteiger partial charge in [-0.2, -0.15) is 0 Å². The number of fused-ring (bicyclic) bond motifs is 1. The zero-order chi connectivity index (χ0) is 22.7. The van der Waals surface area contributed by atoms with Crippen LogP contribution in [0, 0.1) is 0 Å². The number of nitrogens with zero attached hydrogens (tertiary/aromatic N) is 2. The molecule has 0 aliphatic carbocycles. The van der Waals surface area contributed by atoms with Crippen LogP contribution in [0.5, 0.6) is 5.75 Å². The summed E-state index contributed by atoms with van der Waals surface area (Å²) in [4.78, 5) is 19.5. The Morgan fingerprint density at radius 2 is 1.97 bits per heavy atom. The number of carbonyl (C=O) groups is 1. The Bertz CT molecular complexity index is 1090. The molecule has 0 saturated carbocycles. The summed E-state index contributed by atoms with van der Waals surface area (Å²) in [5, 5.41) is 5.30. The molecule has 1 aromatic heterocycles. The molecule has 1 atom stereocenters. The zero-order valence-corrected chi connectivity index (χ0v) is 20.2. The number of unbranched alkanes of at least 4 members (excludes halogenated alkanes) is 1. The number of likely N-dealkylation sites (tertiary alicyclic amines) is 1. The van der Waals surface area contributed by atoms with E-state index in [4.69, 9.17) is 14.5 Å². The first-order valence-corrected chi connectivity index (χ1v) is 12.4.